The van der Waals surface area contributed by atoms with E-state index in [-0.39, 0.29) is 24.4 Å². The van der Waals surface area contributed by atoms with Gasteiger partial charge in [-0.25, -0.2) is 9.59 Å². The zero-order chi connectivity index (χ0) is 20.1. The summed E-state index contributed by atoms with van der Waals surface area (Å²) < 4.78 is 9.87. The lowest BCUT2D eigenvalue weighted by Gasteiger charge is -2.08. The minimum Gasteiger partial charge on any atom is -0.459 e. The molecule has 0 N–H and O–H groups in total. The van der Waals surface area contributed by atoms with E-state index in [9.17, 15) is 20.1 Å². The van der Waals surface area contributed by atoms with Crippen molar-refractivity contribution in [3.8, 4) is 23.3 Å². The number of nitrogens with zero attached hydrogens (tertiary/aromatic N) is 2. The number of carbonyl (C=O) groups excluding carboxylic acids is 2. The first kappa shape index (κ1) is 18.6. The van der Waals surface area contributed by atoms with Gasteiger partial charge in [-0.1, -0.05) is 36.9 Å². The van der Waals surface area contributed by atoms with Crippen LogP contribution in [0.15, 0.2) is 60.7 Å². The van der Waals surface area contributed by atoms with Gasteiger partial charge in [0.1, 0.15) is 30.9 Å². The van der Waals surface area contributed by atoms with E-state index in [2.05, 4.69) is 6.58 Å². The van der Waals surface area contributed by atoms with E-state index in [0.29, 0.717) is 11.1 Å². The van der Waals surface area contributed by atoms with E-state index in [4.69, 9.17) is 9.47 Å². The molecule has 0 unspecified atom stereocenters. The van der Waals surface area contributed by atoms with Gasteiger partial charge in [0.15, 0.2) is 0 Å². The lowest BCUT2D eigenvalue weighted by molar-refractivity contribution is -0.138. The van der Waals surface area contributed by atoms with Crippen molar-refractivity contribution < 1.29 is 19.1 Å². The van der Waals surface area contributed by atoms with Crippen LogP contribution in [0.3, 0.4) is 0 Å². The molecule has 0 saturated heterocycles. The Balaban J connectivity index is 1.91. The molecule has 0 saturated carbocycles. The molecule has 0 aliphatic heterocycles. The summed E-state index contributed by atoms with van der Waals surface area (Å²) in [5, 5.41) is 18.7. The Morgan fingerprint density at radius 2 is 1.57 bits per heavy atom. The minimum absolute atomic E-state index is 0.0203. The Kier molecular flexibility index (Phi) is 5.34. The number of benzene rings is 2. The summed E-state index contributed by atoms with van der Waals surface area (Å²) in [6.07, 6.45) is 1.02. The van der Waals surface area contributed by atoms with E-state index < -0.39 is 11.9 Å². The highest BCUT2D eigenvalue weighted by atomic mass is 16.6. The summed E-state index contributed by atoms with van der Waals surface area (Å²) in [4.78, 5) is 23.3. The summed E-state index contributed by atoms with van der Waals surface area (Å²) in [5.74, 6) is -1.19. The van der Waals surface area contributed by atoms with Crippen LogP contribution in [0.2, 0.25) is 0 Å². The summed E-state index contributed by atoms with van der Waals surface area (Å²) in [7, 11) is 0. The van der Waals surface area contributed by atoms with Crippen molar-refractivity contribution in [3.05, 3.63) is 77.4 Å². The molecule has 0 fully saturated rings. The van der Waals surface area contributed by atoms with Crippen LogP contribution in [0.5, 0.6) is 0 Å². The summed E-state index contributed by atoms with van der Waals surface area (Å²) in [6.45, 7) is 3.10. The zero-order valence-electron chi connectivity index (χ0n) is 14.8. The number of allylic oxidation sites excluding steroid dienone is 1. The van der Waals surface area contributed by atoms with Crippen LogP contribution in [-0.4, -0.2) is 25.2 Å². The maximum absolute atomic E-state index is 12.3. The van der Waals surface area contributed by atoms with Gasteiger partial charge in [0.2, 0.25) is 0 Å². The highest BCUT2D eigenvalue weighted by Gasteiger charge is 2.27. The van der Waals surface area contributed by atoms with Gasteiger partial charge >= 0.3 is 11.9 Å². The fourth-order valence-corrected chi connectivity index (χ4v) is 3.02. The average Bonchev–Trinajstić information content (AvgIpc) is 3.06. The molecule has 0 bridgehead atoms. The van der Waals surface area contributed by atoms with Gasteiger partial charge in [0.05, 0.1) is 5.56 Å². The van der Waals surface area contributed by atoms with E-state index in [1.807, 2.05) is 36.4 Å². The Hall–Kier alpha value is -4.16. The number of esters is 2. The van der Waals surface area contributed by atoms with Crippen LogP contribution in [0.1, 0.15) is 21.5 Å². The molecule has 0 aromatic heterocycles. The first-order valence-electron chi connectivity index (χ1n) is 8.35. The lowest BCUT2D eigenvalue weighted by Crippen LogP contribution is -2.13. The molecule has 2 aromatic rings. The third-order valence-corrected chi connectivity index (χ3v) is 4.21. The summed E-state index contributed by atoms with van der Waals surface area (Å²) in [5.41, 5.74) is 3.90. The van der Waals surface area contributed by atoms with Gasteiger partial charge in [-0.05, 0) is 34.4 Å². The Bertz CT molecular complexity index is 1080. The number of hydrogen-bond acceptors (Lipinski definition) is 6. The van der Waals surface area contributed by atoms with E-state index in [1.54, 1.807) is 18.2 Å². The maximum Gasteiger partial charge on any atom is 0.338 e. The van der Waals surface area contributed by atoms with Crippen LogP contribution in [0, 0.1) is 22.7 Å². The number of ether oxygens (including phenoxy) is 2. The second kappa shape index (κ2) is 8.03. The fraction of sp³-hybridized carbons (Fsp3) is 0.0909. The van der Waals surface area contributed by atoms with Crippen molar-refractivity contribution in [2.24, 2.45) is 0 Å². The molecule has 2 aromatic carbocycles. The monoisotopic (exact) mass is 370 g/mol. The van der Waals surface area contributed by atoms with Crippen molar-refractivity contribution >= 4 is 17.5 Å². The third-order valence-electron chi connectivity index (χ3n) is 4.21. The lowest BCUT2D eigenvalue weighted by atomic mass is 9.98. The minimum atomic E-state index is -0.596. The first-order valence-corrected chi connectivity index (χ1v) is 8.35. The molecule has 1 aliphatic carbocycles. The van der Waals surface area contributed by atoms with Crippen molar-refractivity contribution in [2.75, 3.05) is 13.2 Å². The Labute approximate surface area is 161 Å². The quantitative estimate of drug-likeness (QED) is 0.295. The molecule has 0 heterocycles. The summed E-state index contributed by atoms with van der Waals surface area (Å²) in [6, 6.07) is 16.3. The predicted octanol–water partition coefficient (Wildman–Crippen LogP) is 3.40. The molecule has 3 rings (SSSR count). The zero-order valence-corrected chi connectivity index (χ0v) is 14.8. The van der Waals surface area contributed by atoms with Crippen LogP contribution >= 0.6 is 0 Å². The summed E-state index contributed by atoms with van der Waals surface area (Å²) >= 11 is 0. The molecule has 0 radical (unpaired) electrons. The van der Waals surface area contributed by atoms with E-state index >= 15 is 0 Å². The average molecular weight is 370 g/mol. The largest absolute Gasteiger partial charge is 0.459 e. The van der Waals surface area contributed by atoms with E-state index in [1.165, 1.54) is 0 Å². The van der Waals surface area contributed by atoms with Crippen LogP contribution in [-0.2, 0) is 14.3 Å². The molecule has 1 aliphatic rings. The maximum atomic E-state index is 12.3. The van der Waals surface area contributed by atoms with Crippen LogP contribution in [0.4, 0.5) is 0 Å². The van der Waals surface area contributed by atoms with Gasteiger partial charge in [-0.3, -0.25) is 0 Å². The molecular formula is C22H14N2O4. The smallest absolute Gasteiger partial charge is 0.338 e. The van der Waals surface area contributed by atoms with Crippen LogP contribution in [0.25, 0.3) is 16.7 Å². The molecule has 28 heavy (non-hydrogen) atoms. The second-order valence-corrected chi connectivity index (χ2v) is 5.79. The SMILES string of the molecule is C=CC(=O)OCCOC(=O)c1ccc2c(c1)C(=C(C#N)C#N)c1ccccc1-2. The van der Waals surface area contributed by atoms with Gasteiger partial charge in [0, 0.05) is 11.6 Å². The number of hydrogen-bond donors (Lipinski definition) is 0. The normalized spacial score (nSPS) is 10.7. The number of nitriles is 2. The fourth-order valence-electron chi connectivity index (χ4n) is 3.02. The molecular weight excluding hydrogens is 356 g/mol. The highest BCUT2D eigenvalue weighted by Crippen LogP contribution is 2.45. The van der Waals surface area contributed by atoms with Crippen molar-refractivity contribution in [1.29, 1.82) is 10.5 Å². The Morgan fingerprint density at radius 3 is 2.25 bits per heavy atom. The molecule has 0 amide bonds. The molecule has 6 nitrogen and oxygen atoms in total. The molecule has 0 spiro atoms. The molecule has 136 valence electrons. The van der Waals surface area contributed by atoms with E-state index in [0.717, 1.165) is 22.8 Å². The highest BCUT2D eigenvalue weighted by molar-refractivity contribution is 6.05. The molecule has 0 atom stereocenters. The van der Waals surface area contributed by atoms with Gasteiger partial charge < -0.3 is 9.47 Å². The standard InChI is InChI=1S/C22H14N2O4/c1-2-20(25)27-9-10-28-22(26)14-7-8-17-16-5-3-4-6-18(16)21(19(17)11-14)15(12-23)13-24/h2-8,11H,1,9-10H2. The Morgan fingerprint density at radius 1 is 0.929 bits per heavy atom. The number of fused-ring (bicyclic) bond motifs is 3. The van der Waals surface area contributed by atoms with Gasteiger partial charge in [-0.15, -0.1) is 0 Å². The van der Waals surface area contributed by atoms with Crippen molar-refractivity contribution in [2.45, 2.75) is 0 Å². The first-order chi connectivity index (χ1) is 13.6. The predicted molar refractivity (Wildman–Crippen MR) is 101 cm³/mol. The third kappa shape index (κ3) is 3.40. The van der Waals surface area contributed by atoms with Gasteiger partial charge in [0.25, 0.3) is 0 Å². The van der Waals surface area contributed by atoms with Crippen molar-refractivity contribution in [1.82, 2.24) is 0 Å². The van der Waals surface area contributed by atoms with Crippen molar-refractivity contribution in [3.63, 3.8) is 0 Å². The van der Waals surface area contributed by atoms with Gasteiger partial charge in [-0.2, -0.15) is 10.5 Å². The topological polar surface area (TPSA) is 100 Å². The van der Waals surface area contributed by atoms with Crippen LogP contribution < -0.4 is 0 Å². The second-order valence-electron chi connectivity index (χ2n) is 5.79. The molecule has 6 heteroatoms. The number of rotatable bonds is 5. The number of carbonyl (C=O) groups is 2.